The molecule has 9 heteroatoms. The van der Waals surface area contributed by atoms with E-state index in [1.165, 1.54) is 19.2 Å². The van der Waals surface area contributed by atoms with Crippen molar-refractivity contribution in [1.29, 1.82) is 0 Å². The first-order valence-corrected chi connectivity index (χ1v) is 9.43. The summed E-state index contributed by atoms with van der Waals surface area (Å²) in [6.07, 6.45) is 3.69. The molecule has 134 valence electrons. The average Bonchev–Trinajstić information content (AvgIpc) is 3.23. The van der Waals surface area contributed by atoms with Gasteiger partial charge >= 0.3 is 0 Å². The zero-order chi connectivity index (χ0) is 18.0. The van der Waals surface area contributed by atoms with E-state index in [1.54, 1.807) is 23.0 Å². The van der Waals surface area contributed by atoms with Gasteiger partial charge in [-0.2, -0.15) is 5.10 Å². The van der Waals surface area contributed by atoms with Crippen LogP contribution in [0.5, 0.6) is 0 Å². The molecule has 1 amide bonds. The minimum Gasteiger partial charge on any atom is -0.326 e. The summed E-state index contributed by atoms with van der Waals surface area (Å²) in [7, 11) is -0.359. The van der Waals surface area contributed by atoms with Gasteiger partial charge in [-0.25, -0.2) is 13.1 Å². The Morgan fingerprint density at radius 1 is 1.36 bits per heavy atom. The molecule has 2 atom stereocenters. The Morgan fingerprint density at radius 2 is 2.16 bits per heavy atom. The highest BCUT2D eigenvalue weighted by Gasteiger charge is 2.34. The number of benzene rings is 1. The Balaban J connectivity index is 1.77. The molecule has 0 saturated carbocycles. The van der Waals surface area contributed by atoms with Crippen molar-refractivity contribution in [2.45, 2.75) is 10.8 Å². The molecule has 1 aromatic carbocycles. The minimum atomic E-state index is -3.55. The SMILES string of the molecule is CNS(=O)(=O)c1cccc(NC(=O)[C@H]2CNC[C@@H]2c2cnn(C)c2)c1. The van der Waals surface area contributed by atoms with Crippen molar-refractivity contribution in [3.63, 3.8) is 0 Å². The number of nitrogens with zero attached hydrogens (tertiary/aromatic N) is 2. The number of carbonyl (C=O) groups is 1. The van der Waals surface area contributed by atoms with Crippen molar-refractivity contribution >= 4 is 21.6 Å². The molecule has 0 bridgehead atoms. The first-order valence-electron chi connectivity index (χ1n) is 7.94. The lowest BCUT2D eigenvalue weighted by molar-refractivity contribution is -0.119. The fourth-order valence-electron chi connectivity index (χ4n) is 3.03. The summed E-state index contributed by atoms with van der Waals surface area (Å²) in [6.45, 7) is 1.28. The van der Waals surface area contributed by atoms with Crippen LogP contribution in [0.15, 0.2) is 41.6 Å². The topological polar surface area (TPSA) is 105 Å². The molecule has 8 nitrogen and oxygen atoms in total. The third-order valence-electron chi connectivity index (χ3n) is 4.38. The maximum Gasteiger partial charge on any atom is 0.240 e. The van der Waals surface area contributed by atoms with E-state index in [0.717, 1.165) is 5.56 Å². The Bertz CT molecular complexity index is 877. The molecule has 1 aliphatic rings. The van der Waals surface area contributed by atoms with Crippen LogP contribution in [0.1, 0.15) is 11.5 Å². The number of aromatic nitrogens is 2. The number of aryl methyl sites for hydroxylation is 1. The van der Waals surface area contributed by atoms with Gasteiger partial charge in [-0.1, -0.05) is 6.07 Å². The van der Waals surface area contributed by atoms with Crippen LogP contribution >= 0.6 is 0 Å². The molecule has 1 saturated heterocycles. The third kappa shape index (κ3) is 3.73. The molecule has 0 unspecified atom stereocenters. The van der Waals surface area contributed by atoms with E-state index in [9.17, 15) is 13.2 Å². The van der Waals surface area contributed by atoms with Crippen molar-refractivity contribution in [3.05, 3.63) is 42.2 Å². The first-order chi connectivity index (χ1) is 11.9. The van der Waals surface area contributed by atoms with Crippen LogP contribution in [0.25, 0.3) is 0 Å². The Hall–Kier alpha value is -2.23. The van der Waals surface area contributed by atoms with Crippen LogP contribution in [0, 0.1) is 5.92 Å². The van der Waals surface area contributed by atoms with E-state index >= 15 is 0 Å². The molecular weight excluding hydrogens is 342 g/mol. The summed E-state index contributed by atoms with van der Waals surface area (Å²) in [6, 6.07) is 6.21. The minimum absolute atomic E-state index is 0.0397. The summed E-state index contributed by atoms with van der Waals surface area (Å²) in [5.41, 5.74) is 1.47. The van der Waals surface area contributed by atoms with Gasteiger partial charge in [-0.3, -0.25) is 9.48 Å². The molecule has 3 rings (SSSR count). The maximum absolute atomic E-state index is 12.7. The number of sulfonamides is 1. The highest BCUT2D eigenvalue weighted by atomic mass is 32.2. The van der Waals surface area contributed by atoms with Crippen LogP contribution in [-0.2, 0) is 21.9 Å². The van der Waals surface area contributed by atoms with E-state index in [0.29, 0.717) is 18.8 Å². The number of nitrogens with one attached hydrogen (secondary N) is 3. The number of rotatable bonds is 5. The summed E-state index contributed by atoms with van der Waals surface area (Å²) in [5.74, 6) is -0.343. The quantitative estimate of drug-likeness (QED) is 0.707. The summed E-state index contributed by atoms with van der Waals surface area (Å²) in [4.78, 5) is 12.8. The second-order valence-electron chi connectivity index (χ2n) is 6.04. The Labute approximate surface area is 146 Å². The smallest absolute Gasteiger partial charge is 0.240 e. The maximum atomic E-state index is 12.7. The van der Waals surface area contributed by atoms with Crippen molar-refractivity contribution in [2.24, 2.45) is 13.0 Å². The van der Waals surface area contributed by atoms with E-state index < -0.39 is 10.0 Å². The van der Waals surface area contributed by atoms with Gasteiger partial charge in [-0.15, -0.1) is 0 Å². The lowest BCUT2D eigenvalue weighted by Crippen LogP contribution is -2.28. The van der Waals surface area contributed by atoms with E-state index in [4.69, 9.17) is 0 Å². The van der Waals surface area contributed by atoms with E-state index in [1.807, 2.05) is 13.2 Å². The second kappa shape index (κ2) is 6.95. The summed E-state index contributed by atoms with van der Waals surface area (Å²) in [5, 5.41) is 10.2. The number of amides is 1. The molecule has 2 heterocycles. The van der Waals surface area contributed by atoms with Crippen molar-refractivity contribution in [2.75, 3.05) is 25.5 Å². The van der Waals surface area contributed by atoms with Gasteiger partial charge in [0.05, 0.1) is 17.0 Å². The van der Waals surface area contributed by atoms with Crippen molar-refractivity contribution in [3.8, 4) is 0 Å². The van der Waals surface area contributed by atoms with Gasteiger partial charge < -0.3 is 10.6 Å². The highest BCUT2D eigenvalue weighted by molar-refractivity contribution is 7.89. The van der Waals surface area contributed by atoms with Crippen LogP contribution in [0.2, 0.25) is 0 Å². The molecule has 0 spiro atoms. The Morgan fingerprint density at radius 3 is 2.84 bits per heavy atom. The molecule has 0 aliphatic carbocycles. The van der Waals surface area contributed by atoms with Gasteiger partial charge in [0.15, 0.2) is 0 Å². The molecule has 3 N–H and O–H groups in total. The predicted molar refractivity (Wildman–Crippen MR) is 93.6 cm³/mol. The molecule has 25 heavy (non-hydrogen) atoms. The zero-order valence-corrected chi connectivity index (χ0v) is 14.9. The number of carbonyl (C=O) groups excluding carboxylic acids is 1. The zero-order valence-electron chi connectivity index (χ0n) is 14.1. The number of hydrogen-bond acceptors (Lipinski definition) is 5. The third-order valence-corrected chi connectivity index (χ3v) is 5.80. The lowest BCUT2D eigenvalue weighted by Gasteiger charge is -2.17. The van der Waals surface area contributed by atoms with E-state index in [2.05, 4.69) is 20.5 Å². The van der Waals surface area contributed by atoms with Crippen molar-refractivity contribution in [1.82, 2.24) is 19.8 Å². The van der Waals surface area contributed by atoms with Crippen LogP contribution in [0.4, 0.5) is 5.69 Å². The van der Waals surface area contributed by atoms with Gasteiger partial charge in [0, 0.05) is 37.9 Å². The molecule has 1 fully saturated rings. The number of anilines is 1. The van der Waals surface area contributed by atoms with Crippen LogP contribution < -0.4 is 15.4 Å². The summed E-state index contributed by atoms with van der Waals surface area (Å²) >= 11 is 0. The Kier molecular flexibility index (Phi) is 4.89. The first kappa shape index (κ1) is 17.6. The molecule has 0 radical (unpaired) electrons. The molecular formula is C16H21N5O3S. The van der Waals surface area contributed by atoms with Crippen LogP contribution in [0.3, 0.4) is 0 Å². The van der Waals surface area contributed by atoms with Crippen molar-refractivity contribution < 1.29 is 13.2 Å². The largest absolute Gasteiger partial charge is 0.326 e. The normalized spacial score (nSPS) is 20.6. The predicted octanol–water partition coefficient (Wildman–Crippen LogP) is 0.270. The standard InChI is InChI=1S/C16H21N5O3S/c1-17-25(23,24)13-5-3-4-12(6-13)20-16(22)15-9-18-8-14(15)11-7-19-21(2)10-11/h3-7,10,14-15,17-18H,8-9H2,1-2H3,(H,20,22)/t14-,15+/m1/s1. The monoisotopic (exact) mass is 363 g/mol. The van der Waals surface area contributed by atoms with Gasteiger partial charge in [0.2, 0.25) is 15.9 Å². The molecule has 1 aliphatic heterocycles. The average molecular weight is 363 g/mol. The highest BCUT2D eigenvalue weighted by Crippen LogP contribution is 2.29. The molecule has 1 aromatic heterocycles. The fraction of sp³-hybridized carbons (Fsp3) is 0.375. The van der Waals surface area contributed by atoms with Crippen LogP contribution in [-0.4, -0.2) is 44.2 Å². The molecule has 2 aromatic rings. The second-order valence-corrected chi connectivity index (χ2v) is 7.93. The van der Waals surface area contributed by atoms with Gasteiger partial charge in [0.1, 0.15) is 0 Å². The summed E-state index contributed by atoms with van der Waals surface area (Å²) < 4.78 is 27.8. The number of hydrogen-bond donors (Lipinski definition) is 3. The lowest BCUT2D eigenvalue weighted by atomic mass is 9.90. The van der Waals surface area contributed by atoms with Gasteiger partial charge in [0.25, 0.3) is 0 Å². The van der Waals surface area contributed by atoms with E-state index in [-0.39, 0.29) is 22.6 Å². The van der Waals surface area contributed by atoms with Gasteiger partial charge in [-0.05, 0) is 30.8 Å². The fourth-order valence-corrected chi connectivity index (χ4v) is 3.81.